The van der Waals surface area contributed by atoms with E-state index in [1.54, 1.807) is 0 Å². The van der Waals surface area contributed by atoms with Crippen LogP contribution in [0.25, 0.3) is 0 Å². The first-order valence-corrected chi connectivity index (χ1v) is 8.79. The van der Waals surface area contributed by atoms with Gasteiger partial charge in [0.15, 0.2) is 0 Å². The van der Waals surface area contributed by atoms with Crippen LogP contribution in [0.15, 0.2) is 0 Å². The Morgan fingerprint density at radius 3 is 2.67 bits per heavy atom. The number of hydrogen-bond donors (Lipinski definition) is 1. The van der Waals surface area contributed by atoms with Crippen molar-refractivity contribution in [3.63, 3.8) is 0 Å². The predicted molar refractivity (Wildman–Crippen MR) is 91.7 cm³/mol. The first-order chi connectivity index (χ1) is 11.3. The normalized spacial score (nSPS) is 19.3. The summed E-state index contributed by atoms with van der Waals surface area (Å²) in [5.74, 6) is -0.343. The molecule has 0 aliphatic carbocycles. The zero-order valence-electron chi connectivity index (χ0n) is 15.2. The Kier molecular flexibility index (Phi) is 6.02. The molecule has 0 saturated carbocycles. The molecule has 0 aromatic carbocycles. The second kappa shape index (κ2) is 7.81. The third-order valence-corrected chi connectivity index (χ3v) is 5.19. The molecule has 6 heteroatoms. The van der Waals surface area contributed by atoms with E-state index in [0.717, 1.165) is 36.3 Å². The fourth-order valence-corrected chi connectivity index (χ4v) is 3.65. The third-order valence-electron chi connectivity index (χ3n) is 5.19. The summed E-state index contributed by atoms with van der Waals surface area (Å²) in [5, 5.41) is 13.3. The number of rotatable bonds is 6. The highest BCUT2D eigenvalue weighted by atomic mass is 16.4. The largest absolute Gasteiger partial charge is 0.481 e. The predicted octanol–water partition coefficient (Wildman–Crippen LogP) is 2.32. The highest BCUT2D eigenvalue weighted by Gasteiger charge is 2.28. The van der Waals surface area contributed by atoms with Crippen molar-refractivity contribution in [2.45, 2.75) is 52.9 Å². The maximum atomic E-state index is 12.8. The monoisotopic (exact) mass is 335 g/mol. The molecule has 1 saturated heterocycles. The minimum absolute atomic E-state index is 0.0789. The topological polar surface area (TPSA) is 75.4 Å². The van der Waals surface area contributed by atoms with Gasteiger partial charge < -0.3 is 10.0 Å². The Morgan fingerprint density at radius 1 is 1.38 bits per heavy atom. The Morgan fingerprint density at radius 2 is 2.08 bits per heavy atom. The van der Waals surface area contributed by atoms with Crippen molar-refractivity contribution in [2.75, 3.05) is 13.1 Å². The lowest BCUT2D eigenvalue weighted by Gasteiger charge is -2.34. The molecular weight excluding hydrogens is 306 g/mol. The van der Waals surface area contributed by atoms with Gasteiger partial charge in [-0.2, -0.15) is 5.10 Å². The number of carboxylic acid groups (broad SMARTS) is 1. The molecule has 2 rings (SSSR count). The minimum atomic E-state index is -0.755. The molecular formula is C18H29N3O3. The number of carboxylic acids is 1. The molecule has 1 fully saturated rings. The van der Waals surface area contributed by atoms with E-state index in [4.69, 9.17) is 5.11 Å². The molecule has 1 amide bonds. The van der Waals surface area contributed by atoms with E-state index >= 15 is 0 Å². The van der Waals surface area contributed by atoms with E-state index in [1.165, 1.54) is 0 Å². The molecule has 1 N–H and O–H groups in total. The van der Waals surface area contributed by atoms with Gasteiger partial charge in [0.05, 0.1) is 5.69 Å². The fraction of sp³-hybridized carbons (Fsp3) is 0.722. The van der Waals surface area contributed by atoms with Crippen LogP contribution in [0.3, 0.4) is 0 Å². The van der Waals surface area contributed by atoms with Gasteiger partial charge in [-0.05, 0) is 51.0 Å². The lowest BCUT2D eigenvalue weighted by Crippen LogP contribution is -2.43. The van der Waals surface area contributed by atoms with Crippen molar-refractivity contribution >= 4 is 11.9 Å². The lowest BCUT2D eigenvalue weighted by molar-refractivity contribution is -0.137. The summed E-state index contributed by atoms with van der Waals surface area (Å²) >= 11 is 0. The number of likely N-dealkylation sites (tertiary alicyclic amines) is 1. The molecule has 0 radical (unpaired) electrons. The van der Waals surface area contributed by atoms with Crippen LogP contribution in [-0.4, -0.2) is 44.8 Å². The van der Waals surface area contributed by atoms with E-state index in [2.05, 4.69) is 5.10 Å². The van der Waals surface area contributed by atoms with Crippen LogP contribution < -0.4 is 0 Å². The van der Waals surface area contributed by atoms with E-state index < -0.39 is 5.97 Å². The molecule has 0 spiro atoms. The Hall–Kier alpha value is -1.85. The van der Waals surface area contributed by atoms with Crippen LogP contribution in [0.4, 0.5) is 0 Å². The van der Waals surface area contributed by atoms with Gasteiger partial charge in [0.25, 0.3) is 0 Å². The number of aliphatic carboxylic acids is 1. The van der Waals surface area contributed by atoms with E-state index in [0.29, 0.717) is 25.3 Å². The van der Waals surface area contributed by atoms with E-state index in [-0.39, 0.29) is 18.2 Å². The van der Waals surface area contributed by atoms with Gasteiger partial charge in [-0.3, -0.25) is 14.3 Å². The van der Waals surface area contributed by atoms with Crippen LogP contribution in [0.5, 0.6) is 0 Å². The first-order valence-electron chi connectivity index (χ1n) is 8.79. The SMILES string of the molecule is Cc1nn(C)c(C)c1C[C@@H](C)C(=O)N1CCC[C@H](CCC(=O)O)C1. The summed E-state index contributed by atoms with van der Waals surface area (Å²) in [6.07, 6.45) is 3.55. The number of hydrogen-bond acceptors (Lipinski definition) is 3. The second-order valence-corrected chi connectivity index (χ2v) is 7.10. The quantitative estimate of drug-likeness (QED) is 0.865. The van der Waals surface area contributed by atoms with Gasteiger partial charge in [0.1, 0.15) is 0 Å². The van der Waals surface area contributed by atoms with E-state index in [1.807, 2.05) is 37.4 Å². The van der Waals surface area contributed by atoms with Gasteiger partial charge in [-0.15, -0.1) is 0 Å². The molecule has 1 aromatic rings. The molecule has 2 atom stereocenters. The van der Waals surface area contributed by atoms with Crippen LogP contribution in [0.1, 0.15) is 49.6 Å². The highest BCUT2D eigenvalue weighted by molar-refractivity contribution is 5.79. The lowest BCUT2D eigenvalue weighted by atomic mass is 9.91. The van der Waals surface area contributed by atoms with Crippen LogP contribution >= 0.6 is 0 Å². The summed E-state index contributed by atoms with van der Waals surface area (Å²) in [7, 11) is 1.93. The van der Waals surface area contributed by atoms with Crippen LogP contribution in [-0.2, 0) is 23.1 Å². The Labute approximate surface area is 143 Å². The van der Waals surface area contributed by atoms with Crippen molar-refractivity contribution < 1.29 is 14.7 Å². The maximum absolute atomic E-state index is 12.8. The summed E-state index contributed by atoms with van der Waals surface area (Å²) in [4.78, 5) is 25.5. The second-order valence-electron chi connectivity index (χ2n) is 7.10. The number of nitrogens with zero attached hydrogens (tertiary/aromatic N) is 3. The average Bonchev–Trinajstić information content (AvgIpc) is 2.78. The first kappa shape index (κ1) is 18.5. The third kappa shape index (κ3) is 4.36. The van der Waals surface area contributed by atoms with Gasteiger partial charge in [-0.25, -0.2) is 0 Å². The Bertz CT molecular complexity index is 609. The van der Waals surface area contributed by atoms with Crippen LogP contribution in [0.2, 0.25) is 0 Å². The van der Waals surface area contributed by atoms with Crippen molar-refractivity contribution in [1.82, 2.24) is 14.7 Å². The molecule has 6 nitrogen and oxygen atoms in total. The molecule has 1 aliphatic heterocycles. The molecule has 1 aliphatic rings. The van der Waals surface area contributed by atoms with Crippen molar-refractivity contribution in [2.24, 2.45) is 18.9 Å². The molecule has 2 heterocycles. The molecule has 1 aromatic heterocycles. The van der Waals surface area contributed by atoms with Crippen molar-refractivity contribution in [3.8, 4) is 0 Å². The summed E-state index contributed by atoms with van der Waals surface area (Å²) in [5.41, 5.74) is 3.27. The van der Waals surface area contributed by atoms with Gasteiger partial charge >= 0.3 is 5.97 Å². The molecule has 0 unspecified atom stereocenters. The van der Waals surface area contributed by atoms with Gasteiger partial charge in [0.2, 0.25) is 5.91 Å². The number of piperidine rings is 1. The number of amides is 1. The summed E-state index contributed by atoms with van der Waals surface area (Å²) < 4.78 is 1.87. The minimum Gasteiger partial charge on any atom is -0.481 e. The summed E-state index contributed by atoms with van der Waals surface area (Å²) in [6, 6.07) is 0. The van der Waals surface area contributed by atoms with Crippen LogP contribution in [0, 0.1) is 25.7 Å². The number of aromatic nitrogens is 2. The number of aryl methyl sites for hydroxylation is 2. The average molecular weight is 335 g/mol. The molecule has 0 bridgehead atoms. The van der Waals surface area contributed by atoms with E-state index in [9.17, 15) is 9.59 Å². The highest BCUT2D eigenvalue weighted by Crippen LogP contribution is 2.24. The summed E-state index contributed by atoms with van der Waals surface area (Å²) in [6.45, 7) is 7.49. The zero-order valence-corrected chi connectivity index (χ0v) is 15.2. The van der Waals surface area contributed by atoms with Gasteiger partial charge in [-0.1, -0.05) is 6.92 Å². The standard InChI is InChI=1S/C18H29N3O3/c1-12(10-16-13(2)19-20(4)14(16)3)18(24)21-9-5-6-15(11-21)7-8-17(22)23/h12,15H,5-11H2,1-4H3,(H,22,23)/t12-,15-/m1/s1. The van der Waals surface area contributed by atoms with Crippen molar-refractivity contribution in [1.29, 1.82) is 0 Å². The van der Waals surface area contributed by atoms with Gasteiger partial charge in [0, 0.05) is 38.2 Å². The Balaban J connectivity index is 1.95. The smallest absolute Gasteiger partial charge is 0.303 e. The maximum Gasteiger partial charge on any atom is 0.303 e. The number of carbonyl (C=O) groups excluding carboxylic acids is 1. The fourth-order valence-electron chi connectivity index (χ4n) is 3.65. The van der Waals surface area contributed by atoms with Crippen molar-refractivity contribution in [3.05, 3.63) is 17.0 Å². The molecule has 134 valence electrons. The number of carbonyl (C=O) groups is 2. The zero-order chi connectivity index (χ0) is 17.9. The molecule has 24 heavy (non-hydrogen) atoms.